The number of hydrogen-bond acceptors (Lipinski definition) is 3. The van der Waals surface area contributed by atoms with Crippen molar-refractivity contribution in [2.24, 2.45) is 11.7 Å². The van der Waals surface area contributed by atoms with Crippen molar-refractivity contribution in [1.82, 2.24) is 4.90 Å². The summed E-state index contributed by atoms with van der Waals surface area (Å²) >= 11 is 0. The van der Waals surface area contributed by atoms with Crippen molar-refractivity contribution in [3.63, 3.8) is 0 Å². The molecule has 4 nitrogen and oxygen atoms in total. The van der Waals surface area contributed by atoms with E-state index in [0.29, 0.717) is 24.9 Å². The van der Waals surface area contributed by atoms with E-state index in [-0.39, 0.29) is 0 Å². The second-order valence-corrected chi connectivity index (χ2v) is 6.85. The molecule has 0 spiro atoms. The zero-order valence-corrected chi connectivity index (χ0v) is 11.7. The number of carboxylic acids is 1. The molecule has 3 N–H and O–H groups in total. The molecule has 1 aliphatic heterocycles. The van der Waals surface area contributed by atoms with E-state index >= 15 is 0 Å². The molecule has 0 radical (unpaired) electrons. The van der Waals surface area contributed by atoms with Gasteiger partial charge in [-0.3, -0.25) is 9.69 Å². The van der Waals surface area contributed by atoms with E-state index in [2.05, 4.69) is 4.90 Å². The Morgan fingerprint density at radius 1 is 1.16 bits per heavy atom. The highest BCUT2D eigenvalue weighted by molar-refractivity contribution is 5.79. The van der Waals surface area contributed by atoms with Gasteiger partial charge in [-0.1, -0.05) is 12.8 Å². The van der Waals surface area contributed by atoms with Gasteiger partial charge in [0.15, 0.2) is 0 Å². The van der Waals surface area contributed by atoms with Crippen molar-refractivity contribution in [3.05, 3.63) is 0 Å². The van der Waals surface area contributed by atoms with Gasteiger partial charge >= 0.3 is 5.97 Å². The van der Waals surface area contributed by atoms with Crippen LogP contribution >= 0.6 is 0 Å². The summed E-state index contributed by atoms with van der Waals surface area (Å²) in [5.74, 6) is 0.0479. The number of carboxylic acid groups (broad SMARTS) is 1. The number of nitrogens with zero attached hydrogens (tertiary/aromatic N) is 1. The fourth-order valence-corrected chi connectivity index (χ4v) is 4.64. The number of hydrogen-bond donors (Lipinski definition) is 2. The highest BCUT2D eigenvalue weighted by atomic mass is 16.4. The third-order valence-electron chi connectivity index (χ3n) is 5.70. The van der Waals surface area contributed by atoms with Gasteiger partial charge in [0.25, 0.3) is 0 Å². The topological polar surface area (TPSA) is 66.6 Å². The van der Waals surface area contributed by atoms with E-state index in [4.69, 9.17) is 5.73 Å². The first kappa shape index (κ1) is 13.4. The standard InChI is InChI=1S/C15H26N2O2/c16-15(14(18)19)8-7-12(10-15)17-9-3-6-13(17)11-4-1-2-5-11/h11-13H,1-10,16H2,(H,18,19). The summed E-state index contributed by atoms with van der Waals surface area (Å²) < 4.78 is 0. The zero-order valence-electron chi connectivity index (χ0n) is 11.7. The molecule has 2 aliphatic carbocycles. The summed E-state index contributed by atoms with van der Waals surface area (Å²) in [6, 6.07) is 1.12. The van der Waals surface area contributed by atoms with E-state index < -0.39 is 11.5 Å². The van der Waals surface area contributed by atoms with Crippen LogP contribution in [0.25, 0.3) is 0 Å². The van der Waals surface area contributed by atoms with Gasteiger partial charge < -0.3 is 10.8 Å². The molecule has 0 aromatic carbocycles. The number of nitrogens with two attached hydrogens (primary N) is 1. The van der Waals surface area contributed by atoms with Crippen molar-refractivity contribution < 1.29 is 9.90 Å². The average molecular weight is 266 g/mol. The molecule has 1 heterocycles. The molecule has 3 atom stereocenters. The number of likely N-dealkylation sites (tertiary alicyclic amines) is 1. The van der Waals surface area contributed by atoms with Gasteiger partial charge in [-0.05, 0) is 57.4 Å². The largest absolute Gasteiger partial charge is 0.480 e. The number of aliphatic carboxylic acids is 1. The Balaban J connectivity index is 1.67. The van der Waals surface area contributed by atoms with Crippen LogP contribution in [0, 0.1) is 5.92 Å². The molecule has 0 aromatic heterocycles. The molecule has 0 aromatic rings. The van der Waals surface area contributed by atoms with Crippen molar-refractivity contribution in [2.75, 3.05) is 6.54 Å². The molecule has 1 saturated heterocycles. The molecular weight excluding hydrogens is 240 g/mol. The van der Waals surface area contributed by atoms with Gasteiger partial charge in [0.05, 0.1) is 0 Å². The fourth-order valence-electron chi connectivity index (χ4n) is 4.64. The predicted octanol–water partition coefficient (Wildman–Crippen LogP) is 1.98. The number of rotatable bonds is 3. The molecular formula is C15H26N2O2. The first-order valence-electron chi connectivity index (χ1n) is 7.88. The lowest BCUT2D eigenvalue weighted by Gasteiger charge is -2.34. The third kappa shape index (κ3) is 2.40. The Hall–Kier alpha value is -0.610. The maximum absolute atomic E-state index is 11.3. The first-order valence-corrected chi connectivity index (χ1v) is 7.88. The summed E-state index contributed by atoms with van der Waals surface area (Å²) in [5.41, 5.74) is 5.07. The molecule has 3 aliphatic rings. The molecule has 3 unspecified atom stereocenters. The Labute approximate surface area is 115 Å². The third-order valence-corrected chi connectivity index (χ3v) is 5.70. The van der Waals surface area contributed by atoms with Gasteiger partial charge in [-0.25, -0.2) is 0 Å². The van der Waals surface area contributed by atoms with E-state index in [1.165, 1.54) is 38.5 Å². The summed E-state index contributed by atoms with van der Waals surface area (Å²) in [4.78, 5) is 13.9. The Morgan fingerprint density at radius 3 is 2.53 bits per heavy atom. The molecule has 4 heteroatoms. The van der Waals surface area contributed by atoms with Crippen LogP contribution in [0.1, 0.15) is 57.8 Å². The minimum atomic E-state index is -0.965. The quantitative estimate of drug-likeness (QED) is 0.819. The maximum Gasteiger partial charge on any atom is 0.323 e. The monoisotopic (exact) mass is 266 g/mol. The van der Waals surface area contributed by atoms with Crippen LogP contribution in [0.5, 0.6) is 0 Å². The van der Waals surface area contributed by atoms with E-state index in [1.54, 1.807) is 0 Å². The fraction of sp³-hybridized carbons (Fsp3) is 0.933. The Kier molecular flexibility index (Phi) is 3.56. The van der Waals surface area contributed by atoms with Gasteiger partial charge in [-0.15, -0.1) is 0 Å². The minimum absolute atomic E-state index is 0.411. The van der Waals surface area contributed by atoms with Crippen LogP contribution in [0.3, 0.4) is 0 Å². The molecule has 19 heavy (non-hydrogen) atoms. The summed E-state index contributed by atoms with van der Waals surface area (Å²) in [6.45, 7) is 1.15. The van der Waals surface area contributed by atoms with Gasteiger partial charge in [0, 0.05) is 12.1 Å². The number of carbonyl (C=O) groups is 1. The lowest BCUT2D eigenvalue weighted by molar-refractivity contribution is -0.143. The van der Waals surface area contributed by atoms with E-state index in [1.807, 2.05) is 0 Å². The smallest absolute Gasteiger partial charge is 0.323 e. The minimum Gasteiger partial charge on any atom is -0.480 e. The highest BCUT2D eigenvalue weighted by Crippen LogP contribution is 2.40. The van der Waals surface area contributed by atoms with Crippen LogP contribution in [0.4, 0.5) is 0 Å². The zero-order chi connectivity index (χ0) is 13.5. The SMILES string of the molecule is NC1(C(=O)O)CCC(N2CCCC2C2CCCC2)C1. The van der Waals surface area contributed by atoms with Crippen LogP contribution in [0.2, 0.25) is 0 Å². The highest BCUT2D eigenvalue weighted by Gasteiger charge is 2.47. The van der Waals surface area contributed by atoms with Crippen LogP contribution in [-0.2, 0) is 4.79 Å². The van der Waals surface area contributed by atoms with Gasteiger partial charge in [-0.2, -0.15) is 0 Å². The van der Waals surface area contributed by atoms with Gasteiger partial charge in [0.1, 0.15) is 5.54 Å². The van der Waals surface area contributed by atoms with E-state index in [9.17, 15) is 9.90 Å². The Bertz CT molecular complexity index is 354. The predicted molar refractivity (Wildman–Crippen MR) is 73.9 cm³/mol. The van der Waals surface area contributed by atoms with Crippen LogP contribution < -0.4 is 5.73 Å². The lowest BCUT2D eigenvalue weighted by Crippen LogP contribution is -2.48. The van der Waals surface area contributed by atoms with Gasteiger partial charge in [0.2, 0.25) is 0 Å². The van der Waals surface area contributed by atoms with Crippen molar-refractivity contribution in [2.45, 2.75) is 75.4 Å². The second kappa shape index (κ2) is 5.06. The summed E-state index contributed by atoms with van der Waals surface area (Å²) in [6.07, 6.45) is 10.4. The van der Waals surface area contributed by atoms with Crippen LogP contribution in [0.15, 0.2) is 0 Å². The molecule has 108 valence electrons. The second-order valence-electron chi connectivity index (χ2n) is 6.85. The summed E-state index contributed by atoms with van der Waals surface area (Å²) in [7, 11) is 0. The van der Waals surface area contributed by atoms with Crippen LogP contribution in [-0.4, -0.2) is 40.1 Å². The van der Waals surface area contributed by atoms with Crippen molar-refractivity contribution >= 4 is 5.97 Å². The molecule has 2 saturated carbocycles. The van der Waals surface area contributed by atoms with Crippen molar-refractivity contribution in [1.29, 1.82) is 0 Å². The molecule has 3 rings (SSSR count). The maximum atomic E-state index is 11.3. The Morgan fingerprint density at radius 2 is 1.89 bits per heavy atom. The average Bonchev–Trinajstić information content (AvgIpc) is 3.08. The van der Waals surface area contributed by atoms with E-state index in [0.717, 1.165) is 18.9 Å². The van der Waals surface area contributed by atoms with Crippen molar-refractivity contribution in [3.8, 4) is 0 Å². The lowest BCUT2D eigenvalue weighted by atomic mass is 9.94. The first-order chi connectivity index (χ1) is 9.10. The summed E-state index contributed by atoms with van der Waals surface area (Å²) in [5, 5.41) is 9.27. The molecule has 0 bridgehead atoms. The molecule has 3 fully saturated rings. The molecule has 0 amide bonds. The normalized spacial score (nSPS) is 41.1.